The van der Waals surface area contributed by atoms with E-state index < -0.39 is 0 Å². The molecule has 8 nitrogen and oxygen atoms in total. The van der Waals surface area contributed by atoms with Crippen molar-refractivity contribution in [3.05, 3.63) is 187 Å². The molecule has 63 heavy (non-hydrogen) atoms. The van der Waals surface area contributed by atoms with Crippen molar-refractivity contribution in [2.24, 2.45) is 0 Å². The van der Waals surface area contributed by atoms with Gasteiger partial charge in [0.05, 0.1) is 5.52 Å². The highest BCUT2D eigenvalue weighted by molar-refractivity contribution is 6.09. The van der Waals surface area contributed by atoms with Crippen molar-refractivity contribution < 1.29 is 8.83 Å². The van der Waals surface area contributed by atoms with E-state index in [1.54, 1.807) is 0 Å². The van der Waals surface area contributed by atoms with Gasteiger partial charge in [-0.15, -0.1) is 0 Å². The Kier molecular flexibility index (Phi) is 7.86. The van der Waals surface area contributed by atoms with Gasteiger partial charge >= 0.3 is 0 Å². The highest BCUT2D eigenvalue weighted by Crippen LogP contribution is 2.40. The Morgan fingerprint density at radius 1 is 0.429 bits per heavy atom. The van der Waals surface area contributed by atoms with Crippen molar-refractivity contribution in [3.63, 3.8) is 0 Å². The Bertz CT molecular complexity index is 3790. The van der Waals surface area contributed by atoms with Crippen LogP contribution in [0.15, 0.2) is 185 Å². The van der Waals surface area contributed by atoms with Crippen LogP contribution < -0.4 is 0 Å². The minimum absolute atomic E-state index is 0.579. The number of nitrogens with zero attached hydrogens (tertiary/aromatic N) is 6. The second-order valence-corrected chi connectivity index (χ2v) is 15.9. The Balaban J connectivity index is 0.940. The van der Waals surface area contributed by atoms with Crippen LogP contribution in [0.2, 0.25) is 0 Å². The molecule has 0 N–H and O–H groups in total. The van der Waals surface area contributed by atoms with E-state index >= 15 is 0 Å². The largest absolute Gasteiger partial charge is 0.456 e. The van der Waals surface area contributed by atoms with Crippen molar-refractivity contribution >= 4 is 61.0 Å². The third-order valence-corrected chi connectivity index (χ3v) is 12.1. The second-order valence-electron chi connectivity index (χ2n) is 15.9. The molecule has 8 heteroatoms. The van der Waals surface area contributed by atoms with Gasteiger partial charge in [0.15, 0.2) is 28.9 Å². The molecule has 0 aliphatic heterocycles. The Morgan fingerprint density at radius 2 is 1.05 bits per heavy atom. The molecule has 0 atom stereocenters. The maximum absolute atomic E-state index is 6.54. The lowest BCUT2D eigenvalue weighted by Gasteiger charge is -2.13. The monoisotopic (exact) mass is 810 g/mol. The fourth-order valence-electron chi connectivity index (χ4n) is 9.15. The summed E-state index contributed by atoms with van der Waals surface area (Å²) in [7, 11) is 0. The van der Waals surface area contributed by atoms with Crippen LogP contribution in [0.4, 0.5) is 0 Å². The van der Waals surface area contributed by atoms with Gasteiger partial charge in [-0.25, -0.2) is 24.9 Å². The first-order valence-corrected chi connectivity index (χ1v) is 21.1. The summed E-state index contributed by atoms with van der Waals surface area (Å²) in [6.45, 7) is 0. The van der Waals surface area contributed by atoms with Crippen LogP contribution in [0.1, 0.15) is 17.7 Å². The zero-order chi connectivity index (χ0) is 41.4. The number of benzene rings is 7. The van der Waals surface area contributed by atoms with Gasteiger partial charge in [-0.2, -0.15) is 0 Å². The minimum atomic E-state index is 0.579. The lowest BCUT2D eigenvalue weighted by atomic mass is 10.0. The molecule has 5 heterocycles. The Labute approximate surface area is 360 Å². The molecule has 7 aromatic carbocycles. The topological polar surface area (TPSA) is 95.7 Å². The van der Waals surface area contributed by atoms with Gasteiger partial charge in [-0.05, 0) is 73.5 Å². The molecular formula is C55H34N6O2. The maximum atomic E-state index is 6.54. The summed E-state index contributed by atoms with van der Waals surface area (Å²) in [6, 6.07) is 57.7. The number of furan rings is 2. The Morgan fingerprint density at radius 3 is 1.84 bits per heavy atom. The standard InChI is InChI=1S/C55H34N6O2/c1-4-14-33(15-5-1)49-51-50(42-21-11-13-23-46(42)63-51)57-53(56-49)37-25-28-41-43-30-35(26-29-47(43)62-48(41)32-37)54-58-52(34-16-6-2-7-17-34)59-55(60-54)36-24-27-40-39-20-10-12-22-44(39)61(45(40)31-36)38-18-8-3-9-19-38/h1-11,13-21,23-32H,12,22H2. The quantitative estimate of drug-likeness (QED) is 0.165. The van der Waals surface area contributed by atoms with Crippen LogP contribution in [0.5, 0.6) is 0 Å². The van der Waals surface area contributed by atoms with E-state index in [-0.39, 0.29) is 0 Å². The lowest BCUT2D eigenvalue weighted by molar-refractivity contribution is 0.667. The first-order valence-electron chi connectivity index (χ1n) is 21.1. The third kappa shape index (κ3) is 5.80. The van der Waals surface area contributed by atoms with Crippen LogP contribution in [-0.2, 0) is 6.42 Å². The van der Waals surface area contributed by atoms with Crippen molar-refractivity contribution in [2.75, 3.05) is 0 Å². The van der Waals surface area contributed by atoms with Crippen LogP contribution in [0.3, 0.4) is 0 Å². The van der Waals surface area contributed by atoms with Crippen LogP contribution in [0.25, 0.3) is 123 Å². The van der Waals surface area contributed by atoms with E-state index in [2.05, 4.69) is 83.4 Å². The molecule has 13 rings (SSSR count). The van der Waals surface area contributed by atoms with Crippen molar-refractivity contribution in [3.8, 4) is 62.5 Å². The average molecular weight is 811 g/mol. The zero-order valence-electron chi connectivity index (χ0n) is 33.7. The molecule has 0 fully saturated rings. The van der Waals surface area contributed by atoms with Crippen LogP contribution >= 0.6 is 0 Å². The summed E-state index contributed by atoms with van der Waals surface area (Å²) in [4.78, 5) is 25.6. The predicted molar refractivity (Wildman–Crippen MR) is 251 cm³/mol. The minimum Gasteiger partial charge on any atom is -0.456 e. The third-order valence-electron chi connectivity index (χ3n) is 12.1. The molecule has 0 unspecified atom stereocenters. The van der Waals surface area contributed by atoms with Crippen molar-refractivity contribution in [1.29, 1.82) is 0 Å². The fourth-order valence-corrected chi connectivity index (χ4v) is 9.15. The van der Waals surface area contributed by atoms with E-state index in [1.807, 2.05) is 103 Å². The zero-order valence-corrected chi connectivity index (χ0v) is 33.7. The molecule has 0 saturated carbocycles. The lowest BCUT2D eigenvalue weighted by Crippen LogP contribution is -2.03. The summed E-state index contributed by atoms with van der Waals surface area (Å²) in [6.07, 6.45) is 6.53. The van der Waals surface area contributed by atoms with Gasteiger partial charge in [0.25, 0.3) is 0 Å². The van der Waals surface area contributed by atoms with Crippen LogP contribution in [-0.4, -0.2) is 29.5 Å². The van der Waals surface area contributed by atoms with E-state index in [0.717, 1.165) is 96.0 Å². The molecule has 296 valence electrons. The first kappa shape index (κ1) is 35.3. The molecule has 5 aromatic heterocycles. The number of para-hydroxylation sites is 2. The van der Waals surface area contributed by atoms with E-state index in [9.17, 15) is 0 Å². The maximum Gasteiger partial charge on any atom is 0.180 e. The summed E-state index contributed by atoms with van der Waals surface area (Å²) in [5.74, 6) is 2.38. The van der Waals surface area contributed by atoms with Gasteiger partial charge in [-0.1, -0.05) is 121 Å². The average Bonchev–Trinajstić information content (AvgIpc) is 4.03. The first-order chi connectivity index (χ1) is 31.2. The highest BCUT2D eigenvalue weighted by atomic mass is 16.3. The molecule has 0 spiro atoms. The molecule has 1 aliphatic rings. The second kappa shape index (κ2) is 14.0. The van der Waals surface area contributed by atoms with Gasteiger partial charge in [0, 0.05) is 66.3 Å². The number of hydrogen-bond acceptors (Lipinski definition) is 7. The predicted octanol–water partition coefficient (Wildman–Crippen LogP) is 13.7. The van der Waals surface area contributed by atoms with Gasteiger partial charge < -0.3 is 13.4 Å². The Hall–Kier alpha value is -8.49. The van der Waals surface area contributed by atoms with Crippen molar-refractivity contribution in [2.45, 2.75) is 12.8 Å². The smallest absolute Gasteiger partial charge is 0.180 e. The van der Waals surface area contributed by atoms with Gasteiger partial charge in [0.2, 0.25) is 0 Å². The molecule has 0 saturated heterocycles. The van der Waals surface area contributed by atoms with E-state index in [4.69, 9.17) is 33.8 Å². The number of rotatable bonds is 6. The molecule has 12 aromatic rings. The summed E-state index contributed by atoms with van der Waals surface area (Å²) in [5, 5.41) is 4.09. The van der Waals surface area contributed by atoms with Gasteiger partial charge in [-0.3, -0.25) is 0 Å². The molecule has 0 bridgehead atoms. The summed E-state index contributed by atoms with van der Waals surface area (Å²) >= 11 is 0. The van der Waals surface area contributed by atoms with E-state index in [0.29, 0.717) is 28.9 Å². The SMILES string of the molecule is C1=Cc2c(n(-c3ccccc3)c3cc(-c4nc(-c5ccccc5)nc(-c5ccc6oc7cc(-c8nc(-c9ccccc9)c9oc%10ccccc%10c9n8)ccc7c6c5)n4)ccc23)CC1. The number of fused-ring (bicyclic) bond motifs is 9. The van der Waals surface area contributed by atoms with E-state index in [1.165, 1.54) is 16.6 Å². The van der Waals surface area contributed by atoms with Crippen molar-refractivity contribution in [1.82, 2.24) is 29.5 Å². The molecule has 1 aliphatic carbocycles. The molecular weight excluding hydrogens is 777 g/mol. The summed E-state index contributed by atoms with van der Waals surface area (Å²) < 4.78 is 15.3. The number of allylic oxidation sites excluding steroid dienone is 1. The summed E-state index contributed by atoms with van der Waals surface area (Å²) in [5.41, 5.74) is 13.8. The molecule has 0 radical (unpaired) electrons. The highest BCUT2D eigenvalue weighted by Gasteiger charge is 2.22. The molecule has 0 amide bonds. The number of aromatic nitrogens is 6. The fraction of sp³-hybridized carbons (Fsp3) is 0.0364. The van der Waals surface area contributed by atoms with Gasteiger partial charge in [0.1, 0.15) is 28.0 Å². The van der Waals surface area contributed by atoms with Crippen LogP contribution in [0, 0.1) is 0 Å². The number of hydrogen-bond donors (Lipinski definition) is 0. The normalized spacial score (nSPS) is 12.6.